The van der Waals surface area contributed by atoms with E-state index in [4.69, 9.17) is 4.42 Å². The number of fused-ring (bicyclic) bond motifs is 11. The fourth-order valence-corrected chi connectivity index (χ4v) is 16.5. The minimum Gasteiger partial charge on any atom is -0.440 e. The first kappa shape index (κ1) is 47.7. The van der Waals surface area contributed by atoms with Gasteiger partial charge in [-0.3, -0.25) is 4.90 Å². The van der Waals surface area contributed by atoms with Crippen molar-refractivity contribution < 1.29 is 4.42 Å². The van der Waals surface area contributed by atoms with E-state index in [9.17, 15) is 0 Å². The molecule has 0 spiro atoms. The molecule has 3 heterocycles. The van der Waals surface area contributed by atoms with Gasteiger partial charge in [0.15, 0.2) is 0 Å². The lowest BCUT2D eigenvalue weighted by Crippen LogP contribution is -2.62. The highest BCUT2D eigenvalue weighted by Crippen LogP contribution is 2.60. The lowest BCUT2D eigenvalue weighted by atomic mass is 9.33. The first-order valence-corrected chi connectivity index (χ1v) is 29.4. The summed E-state index contributed by atoms with van der Waals surface area (Å²) in [4.78, 5) is 7.76. The Hall–Kier alpha value is -6.46. The minimum atomic E-state index is -0.0825. The molecule has 1 aromatic heterocycles. The Morgan fingerprint density at radius 3 is 1.48 bits per heavy atom. The van der Waals surface area contributed by atoms with Crippen LogP contribution in [0.5, 0.6) is 0 Å². The summed E-state index contributed by atoms with van der Waals surface area (Å²) in [5.41, 5.74) is 25.7. The molecule has 2 fully saturated rings. The molecule has 4 nitrogen and oxygen atoms in total. The third kappa shape index (κ3) is 6.70. The maximum absolute atomic E-state index is 7.84. The molecule has 4 bridgehead atoms. The quantitative estimate of drug-likeness (QED) is 0.160. The maximum atomic E-state index is 7.84. The zero-order valence-electron chi connectivity index (χ0n) is 47.7. The third-order valence-corrected chi connectivity index (χ3v) is 21.8. The van der Waals surface area contributed by atoms with E-state index in [0.717, 1.165) is 40.6 Å². The Kier molecular flexibility index (Phi) is 9.69. The van der Waals surface area contributed by atoms with Crippen LogP contribution >= 0.6 is 0 Å². The fraction of sp³-hybridized carbons (Fsp3) is 0.389. The normalized spacial score (nSPS) is 25.7. The predicted octanol–water partition coefficient (Wildman–Crippen LogP) is 17.8. The average Bonchev–Trinajstić information content (AvgIpc) is 3.95. The molecule has 0 atom stereocenters. The van der Waals surface area contributed by atoms with Gasteiger partial charge in [-0.05, 0) is 231 Å². The van der Waals surface area contributed by atoms with Gasteiger partial charge in [-0.1, -0.05) is 137 Å². The molecule has 7 aromatic carbocycles. The lowest BCUT2D eigenvalue weighted by molar-refractivity contribution is 0.188. The highest BCUT2D eigenvalue weighted by Gasteiger charge is 2.54. The Labute approximate surface area is 459 Å². The second kappa shape index (κ2) is 15.6. The predicted molar refractivity (Wildman–Crippen MR) is 325 cm³/mol. The van der Waals surface area contributed by atoms with E-state index in [-0.39, 0.29) is 44.6 Å². The number of hydrogen-bond donors (Lipinski definition) is 0. The van der Waals surface area contributed by atoms with Gasteiger partial charge < -0.3 is 14.2 Å². The summed E-state index contributed by atoms with van der Waals surface area (Å²) in [6.07, 6.45) is 12.2. The van der Waals surface area contributed by atoms with Gasteiger partial charge in [-0.15, -0.1) is 0 Å². The van der Waals surface area contributed by atoms with Crippen molar-refractivity contribution in [2.75, 3.05) is 14.7 Å². The first-order chi connectivity index (χ1) is 36.7. The lowest BCUT2D eigenvalue weighted by Gasteiger charge is -2.53. The number of benzene rings is 7. The molecule has 7 aliphatic carbocycles. The van der Waals surface area contributed by atoms with Crippen LogP contribution < -0.4 is 31.1 Å². The van der Waals surface area contributed by atoms with E-state index in [1.807, 2.05) is 0 Å². The maximum Gasteiger partial charge on any atom is 0.257 e. The molecule has 8 aromatic rings. The van der Waals surface area contributed by atoms with E-state index in [0.29, 0.717) is 0 Å². The zero-order valence-corrected chi connectivity index (χ0v) is 47.7. The summed E-state index contributed by atoms with van der Waals surface area (Å²) >= 11 is 0. The van der Waals surface area contributed by atoms with Crippen LogP contribution in [0.25, 0.3) is 11.0 Å². The van der Waals surface area contributed by atoms with Gasteiger partial charge in [0.05, 0.1) is 5.69 Å². The van der Waals surface area contributed by atoms with Crippen LogP contribution in [0.4, 0.5) is 51.4 Å². The molecular formula is C72H76BN3O. The van der Waals surface area contributed by atoms with Crippen molar-refractivity contribution in [1.82, 2.24) is 0 Å². The van der Waals surface area contributed by atoms with Gasteiger partial charge in [-0.2, -0.15) is 0 Å². The molecule has 17 rings (SSSR count). The summed E-state index contributed by atoms with van der Waals surface area (Å²) < 4.78 is 7.84. The molecule has 9 aliphatic rings. The van der Waals surface area contributed by atoms with Crippen LogP contribution in [-0.2, 0) is 37.9 Å². The topological polar surface area (TPSA) is 22.9 Å². The smallest absolute Gasteiger partial charge is 0.257 e. The summed E-state index contributed by atoms with van der Waals surface area (Å²) in [5.74, 6) is 0.968. The second-order valence-corrected chi connectivity index (χ2v) is 28.7. The van der Waals surface area contributed by atoms with Crippen molar-refractivity contribution in [3.63, 3.8) is 0 Å². The van der Waals surface area contributed by atoms with Crippen molar-refractivity contribution in [2.24, 2.45) is 0 Å². The van der Waals surface area contributed by atoms with Crippen molar-refractivity contribution in [3.8, 4) is 0 Å². The standard InChI is InChI=1S/C72H76BN3O/c1-66(2,3)45-22-24-48(25-23-45)75-59-43-56-55(70(9)32-34-71(56,10)35-33-70)42-58(59)73-63-51-41-54-57(72(11)36-30-69(54,8)31-37-72)44-62(51)77-65(63)76(49-26-27-52-53(38-49)68(6,7)29-28-67(52,4)5)61-40-50(39-60(75)64(61)73)74(46-18-14-12-15-19-46)47-20-16-13-17-21-47/h12-27,38-44H,28-37H2,1-11H3. The fourth-order valence-electron chi connectivity index (χ4n) is 16.5. The number of hydrogen-bond acceptors (Lipinski definition) is 4. The Bertz CT molecular complexity index is 3720. The molecule has 0 radical (unpaired) electrons. The van der Waals surface area contributed by atoms with Crippen LogP contribution in [0.15, 0.2) is 144 Å². The van der Waals surface area contributed by atoms with Crippen LogP contribution in [-0.4, -0.2) is 6.71 Å². The minimum absolute atomic E-state index is 0.0119. The number of anilines is 9. The van der Waals surface area contributed by atoms with Crippen molar-refractivity contribution in [1.29, 1.82) is 0 Å². The van der Waals surface area contributed by atoms with Crippen LogP contribution in [0.2, 0.25) is 0 Å². The van der Waals surface area contributed by atoms with Crippen LogP contribution in [0.1, 0.15) is 179 Å². The summed E-state index contributed by atoms with van der Waals surface area (Å²) in [6.45, 7) is 27.0. The van der Waals surface area contributed by atoms with Crippen LogP contribution in [0, 0.1) is 0 Å². The second-order valence-electron chi connectivity index (χ2n) is 28.7. The van der Waals surface area contributed by atoms with Gasteiger partial charge in [0.1, 0.15) is 5.58 Å². The molecule has 2 aliphatic heterocycles. The van der Waals surface area contributed by atoms with Crippen LogP contribution in [0.3, 0.4) is 0 Å². The molecule has 0 N–H and O–H groups in total. The van der Waals surface area contributed by atoms with Gasteiger partial charge in [-0.25, -0.2) is 0 Å². The third-order valence-electron chi connectivity index (χ3n) is 21.8. The van der Waals surface area contributed by atoms with E-state index < -0.39 is 0 Å². The average molecular weight is 1010 g/mol. The van der Waals surface area contributed by atoms with Gasteiger partial charge in [0.25, 0.3) is 6.71 Å². The molecule has 5 heteroatoms. The zero-order chi connectivity index (χ0) is 53.0. The van der Waals surface area contributed by atoms with E-state index in [1.54, 1.807) is 16.7 Å². The van der Waals surface area contributed by atoms with Crippen molar-refractivity contribution in [3.05, 3.63) is 178 Å². The molecule has 388 valence electrons. The monoisotopic (exact) mass is 1010 g/mol. The Morgan fingerprint density at radius 2 is 0.922 bits per heavy atom. The van der Waals surface area contributed by atoms with Gasteiger partial charge in [0.2, 0.25) is 5.88 Å². The largest absolute Gasteiger partial charge is 0.440 e. The number of furan rings is 1. The Morgan fingerprint density at radius 1 is 0.429 bits per heavy atom. The first-order valence-electron chi connectivity index (χ1n) is 29.4. The van der Waals surface area contributed by atoms with Gasteiger partial charge >= 0.3 is 0 Å². The molecule has 0 saturated heterocycles. The SMILES string of the molecule is CC(C)(C)c1ccc(N2c3cc4c(cc3B3c5c2cc(N(c2ccccc2)c2ccccc2)cc5N(c2ccc5c(c2)C(C)(C)CCC5(C)C)c2oc5cc6c(cc5c23)C2(C)CCC6(C)CC2)C2(C)CCC4(C)CC2)cc1. The summed E-state index contributed by atoms with van der Waals surface area (Å²) in [7, 11) is 0. The highest BCUT2D eigenvalue weighted by atomic mass is 16.4. The molecular weight excluding hydrogens is 934 g/mol. The van der Waals surface area contributed by atoms with E-state index in [1.165, 1.54) is 125 Å². The Balaban J connectivity index is 1.10. The van der Waals surface area contributed by atoms with Crippen molar-refractivity contribution >= 4 is 85.5 Å². The highest BCUT2D eigenvalue weighted by molar-refractivity contribution is 7.01. The summed E-state index contributed by atoms with van der Waals surface area (Å²) in [5, 5.41) is 1.28. The van der Waals surface area contributed by atoms with Crippen molar-refractivity contribution in [2.45, 2.75) is 178 Å². The van der Waals surface area contributed by atoms with E-state index >= 15 is 0 Å². The number of para-hydroxylation sites is 2. The van der Waals surface area contributed by atoms with Gasteiger partial charge in [0, 0.05) is 50.7 Å². The number of nitrogens with zero attached hydrogens (tertiary/aromatic N) is 3. The summed E-state index contributed by atoms with van der Waals surface area (Å²) in [6, 6.07) is 54.8. The molecule has 0 amide bonds. The molecule has 77 heavy (non-hydrogen) atoms. The molecule has 0 unspecified atom stereocenters. The number of rotatable bonds is 5. The molecule has 2 saturated carbocycles. The van der Waals surface area contributed by atoms with E-state index in [2.05, 4.69) is 230 Å².